The summed E-state index contributed by atoms with van der Waals surface area (Å²) in [6.45, 7) is 6.07. The third-order valence-corrected chi connectivity index (χ3v) is 1.94. The molecule has 3 heteroatoms. The topological polar surface area (TPSA) is 35.0 Å². The molecular weight excluding hydrogens is 152 g/mol. The van der Waals surface area contributed by atoms with Crippen molar-refractivity contribution in [3.8, 4) is 6.01 Å². The summed E-state index contributed by atoms with van der Waals surface area (Å²) >= 11 is 0. The average Bonchev–Trinajstić information content (AvgIpc) is 2.03. The van der Waals surface area contributed by atoms with E-state index in [2.05, 4.69) is 16.9 Å². The van der Waals surface area contributed by atoms with Crippen LogP contribution in [0, 0.1) is 13.8 Å². The fraction of sp³-hybridized carbons (Fsp3) is 0.556. The van der Waals surface area contributed by atoms with Crippen molar-refractivity contribution in [2.45, 2.75) is 27.2 Å². The molecule has 1 rings (SSSR count). The Bertz CT molecular complexity index is 261. The standard InChI is InChI=1S/C9H14N2O/c1-5-8-6(2)10-9(12-4)11-7(8)3/h5H2,1-4H3. The number of hydrogen-bond acceptors (Lipinski definition) is 3. The lowest BCUT2D eigenvalue weighted by Gasteiger charge is -2.07. The normalized spacial score (nSPS) is 10.0. The quantitative estimate of drug-likeness (QED) is 0.670. The number of rotatable bonds is 2. The summed E-state index contributed by atoms with van der Waals surface area (Å²) in [6.07, 6.45) is 0.974. The van der Waals surface area contributed by atoms with E-state index >= 15 is 0 Å². The molecule has 0 N–H and O–H groups in total. The van der Waals surface area contributed by atoms with Gasteiger partial charge in [0.05, 0.1) is 7.11 Å². The molecule has 0 bridgehead atoms. The van der Waals surface area contributed by atoms with Gasteiger partial charge in [-0.25, -0.2) is 9.97 Å². The lowest BCUT2D eigenvalue weighted by molar-refractivity contribution is 0.377. The van der Waals surface area contributed by atoms with E-state index in [9.17, 15) is 0 Å². The average molecular weight is 166 g/mol. The molecule has 0 unspecified atom stereocenters. The van der Waals surface area contributed by atoms with Gasteiger partial charge in [0.1, 0.15) is 0 Å². The van der Waals surface area contributed by atoms with Crippen LogP contribution in [0.2, 0.25) is 0 Å². The van der Waals surface area contributed by atoms with Crippen LogP contribution in [0.25, 0.3) is 0 Å². The van der Waals surface area contributed by atoms with Gasteiger partial charge in [-0.05, 0) is 25.8 Å². The fourth-order valence-corrected chi connectivity index (χ4v) is 1.31. The molecule has 0 aliphatic heterocycles. The maximum Gasteiger partial charge on any atom is 0.316 e. The first kappa shape index (κ1) is 8.97. The molecule has 1 aromatic heterocycles. The van der Waals surface area contributed by atoms with E-state index in [1.54, 1.807) is 7.11 Å². The summed E-state index contributed by atoms with van der Waals surface area (Å²) in [5, 5.41) is 0. The molecule has 0 spiro atoms. The molecule has 1 heterocycles. The second-order valence-electron chi connectivity index (χ2n) is 2.71. The van der Waals surface area contributed by atoms with Crippen LogP contribution in [0.4, 0.5) is 0 Å². The van der Waals surface area contributed by atoms with Crippen LogP contribution >= 0.6 is 0 Å². The highest BCUT2D eigenvalue weighted by molar-refractivity contribution is 5.25. The lowest BCUT2D eigenvalue weighted by atomic mass is 10.1. The van der Waals surface area contributed by atoms with Crippen molar-refractivity contribution >= 4 is 0 Å². The highest BCUT2D eigenvalue weighted by Gasteiger charge is 2.05. The van der Waals surface area contributed by atoms with Crippen molar-refractivity contribution in [2.75, 3.05) is 7.11 Å². The van der Waals surface area contributed by atoms with Crippen LogP contribution < -0.4 is 4.74 Å². The minimum atomic E-state index is 0.460. The van der Waals surface area contributed by atoms with E-state index in [0.29, 0.717) is 6.01 Å². The van der Waals surface area contributed by atoms with E-state index in [4.69, 9.17) is 4.74 Å². The summed E-state index contributed by atoms with van der Waals surface area (Å²) < 4.78 is 4.95. The van der Waals surface area contributed by atoms with Crippen molar-refractivity contribution in [3.05, 3.63) is 17.0 Å². The van der Waals surface area contributed by atoms with Crippen LogP contribution in [0.3, 0.4) is 0 Å². The fourth-order valence-electron chi connectivity index (χ4n) is 1.31. The van der Waals surface area contributed by atoms with Gasteiger partial charge in [-0.2, -0.15) is 0 Å². The molecule has 0 aliphatic carbocycles. The maximum absolute atomic E-state index is 4.95. The van der Waals surface area contributed by atoms with E-state index in [-0.39, 0.29) is 0 Å². The van der Waals surface area contributed by atoms with E-state index < -0.39 is 0 Å². The largest absolute Gasteiger partial charge is 0.467 e. The third-order valence-electron chi connectivity index (χ3n) is 1.94. The van der Waals surface area contributed by atoms with Crippen LogP contribution in [-0.2, 0) is 6.42 Å². The number of aryl methyl sites for hydroxylation is 2. The first-order chi connectivity index (χ1) is 5.69. The summed E-state index contributed by atoms with van der Waals surface area (Å²) in [6, 6.07) is 0.460. The van der Waals surface area contributed by atoms with Crippen molar-refractivity contribution < 1.29 is 4.74 Å². The van der Waals surface area contributed by atoms with Gasteiger partial charge >= 0.3 is 6.01 Å². The summed E-state index contributed by atoms with van der Waals surface area (Å²) in [7, 11) is 1.58. The maximum atomic E-state index is 4.95. The molecule has 0 atom stereocenters. The SMILES string of the molecule is CCc1c(C)nc(OC)nc1C. The molecule has 1 aromatic rings. The Balaban J connectivity index is 3.18. The van der Waals surface area contributed by atoms with E-state index in [1.165, 1.54) is 5.56 Å². The number of nitrogens with zero attached hydrogens (tertiary/aromatic N) is 2. The predicted octanol–water partition coefficient (Wildman–Crippen LogP) is 1.66. The third kappa shape index (κ3) is 1.55. The number of hydrogen-bond donors (Lipinski definition) is 0. The predicted molar refractivity (Wildman–Crippen MR) is 47.4 cm³/mol. The summed E-state index contributed by atoms with van der Waals surface area (Å²) in [5.41, 5.74) is 3.25. The van der Waals surface area contributed by atoms with Gasteiger partial charge in [0.15, 0.2) is 0 Å². The molecule has 0 saturated heterocycles. The van der Waals surface area contributed by atoms with Gasteiger partial charge in [0, 0.05) is 11.4 Å². The Morgan fingerprint density at radius 2 is 1.67 bits per heavy atom. The van der Waals surface area contributed by atoms with Crippen LogP contribution in [0.5, 0.6) is 6.01 Å². The zero-order valence-electron chi connectivity index (χ0n) is 8.01. The Morgan fingerprint density at radius 1 is 1.17 bits per heavy atom. The van der Waals surface area contributed by atoms with Gasteiger partial charge in [0.25, 0.3) is 0 Å². The first-order valence-corrected chi connectivity index (χ1v) is 4.07. The van der Waals surface area contributed by atoms with Crippen molar-refractivity contribution in [2.24, 2.45) is 0 Å². The molecule has 66 valence electrons. The molecule has 0 radical (unpaired) electrons. The summed E-state index contributed by atoms with van der Waals surface area (Å²) in [4.78, 5) is 8.38. The smallest absolute Gasteiger partial charge is 0.316 e. The zero-order chi connectivity index (χ0) is 9.14. The van der Waals surface area contributed by atoms with Crippen LogP contribution in [-0.4, -0.2) is 17.1 Å². The minimum Gasteiger partial charge on any atom is -0.467 e. The molecule has 0 amide bonds. The highest BCUT2D eigenvalue weighted by atomic mass is 16.5. The Morgan fingerprint density at radius 3 is 2.00 bits per heavy atom. The van der Waals surface area contributed by atoms with Gasteiger partial charge in [-0.1, -0.05) is 6.92 Å². The Labute approximate surface area is 72.8 Å². The second kappa shape index (κ2) is 3.52. The first-order valence-electron chi connectivity index (χ1n) is 4.07. The van der Waals surface area contributed by atoms with Gasteiger partial charge in [0.2, 0.25) is 0 Å². The Hall–Kier alpha value is -1.12. The number of methoxy groups -OCH3 is 1. The molecule has 12 heavy (non-hydrogen) atoms. The van der Waals surface area contributed by atoms with Crippen molar-refractivity contribution in [1.29, 1.82) is 0 Å². The van der Waals surface area contributed by atoms with Crippen molar-refractivity contribution in [3.63, 3.8) is 0 Å². The molecular formula is C9H14N2O. The van der Waals surface area contributed by atoms with Gasteiger partial charge in [-0.3, -0.25) is 0 Å². The minimum absolute atomic E-state index is 0.460. The highest BCUT2D eigenvalue weighted by Crippen LogP contribution is 2.13. The van der Waals surface area contributed by atoms with E-state index in [0.717, 1.165) is 17.8 Å². The molecule has 0 aromatic carbocycles. The van der Waals surface area contributed by atoms with Crippen molar-refractivity contribution in [1.82, 2.24) is 9.97 Å². The summed E-state index contributed by atoms with van der Waals surface area (Å²) in [5.74, 6) is 0. The van der Waals surface area contributed by atoms with Crippen LogP contribution in [0.1, 0.15) is 23.9 Å². The number of aromatic nitrogens is 2. The number of ether oxygens (including phenoxy) is 1. The second-order valence-corrected chi connectivity index (χ2v) is 2.71. The van der Waals surface area contributed by atoms with Gasteiger partial charge in [-0.15, -0.1) is 0 Å². The molecule has 0 aliphatic rings. The molecule has 0 fully saturated rings. The Kier molecular flexibility index (Phi) is 2.63. The molecule has 0 saturated carbocycles. The zero-order valence-corrected chi connectivity index (χ0v) is 8.01. The van der Waals surface area contributed by atoms with E-state index in [1.807, 2.05) is 13.8 Å². The van der Waals surface area contributed by atoms with Gasteiger partial charge < -0.3 is 4.74 Å². The molecule has 3 nitrogen and oxygen atoms in total. The van der Waals surface area contributed by atoms with Crippen LogP contribution in [0.15, 0.2) is 0 Å². The monoisotopic (exact) mass is 166 g/mol. The lowest BCUT2D eigenvalue weighted by Crippen LogP contribution is -2.01.